The second-order valence-electron chi connectivity index (χ2n) is 3.67. The highest BCUT2D eigenvalue weighted by Gasteiger charge is 2.06. The first-order valence-corrected chi connectivity index (χ1v) is 5.72. The highest BCUT2D eigenvalue weighted by atomic mass is 35.5. The highest BCUT2D eigenvalue weighted by Crippen LogP contribution is 2.15. The van der Waals surface area contributed by atoms with Gasteiger partial charge < -0.3 is 10.4 Å². The second-order valence-corrected chi connectivity index (χ2v) is 4.06. The maximum atomic E-state index is 9.94. The Morgan fingerprint density at radius 1 is 1.24 bits per heavy atom. The molecule has 0 saturated heterocycles. The fourth-order valence-corrected chi connectivity index (χ4v) is 1.69. The molecule has 0 bridgehead atoms. The predicted octanol–water partition coefficient (Wildman–Crippen LogP) is 2.88. The molecule has 1 heterocycles. The third-order valence-electron chi connectivity index (χ3n) is 2.41. The maximum absolute atomic E-state index is 9.94. The van der Waals surface area contributed by atoms with E-state index in [0.29, 0.717) is 11.7 Å². The lowest BCUT2D eigenvalue weighted by Crippen LogP contribution is -2.11. The van der Waals surface area contributed by atoms with E-state index >= 15 is 0 Å². The van der Waals surface area contributed by atoms with Crippen LogP contribution in [0.2, 0.25) is 5.15 Å². The van der Waals surface area contributed by atoms with Crippen molar-refractivity contribution in [3.63, 3.8) is 0 Å². The fraction of sp³-hybridized carbons (Fsp3) is 0.154. The summed E-state index contributed by atoms with van der Waals surface area (Å²) in [6.07, 6.45) is 1.09. The summed E-state index contributed by atoms with van der Waals surface area (Å²) < 4.78 is 0. The number of hydrogen-bond donors (Lipinski definition) is 2. The van der Waals surface area contributed by atoms with Crippen molar-refractivity contribution in [3.05, 3.63) is 59.4 Å². The summed E-state index contributed by atoms with van der Waals surface area (Å²) in [5, 5.41) is 13.5. The van der Waals surface area contributed by atoms with Crippen LogP contribution < -0.4 is 5.32 Å². The van der Waals surface area contributed by atoms with E-state index in [4.69, 9.17) is 11.6 Å². The van der Waals surface area contributed by atoms with Crippen molar-refractivity contribution in [2.75, 3.05) is 11.9 Å². The lowest BCUT2D eigenvalue weighted by Gasteiger charge is -2.13. The number of rotatable bonds is 4. The quantitative estimate of drug-likeness (QED) is 0.818. The summed E-state index contributed by atoms with van der Waals surface area (Å²) >= 11 is 5.76. The van der Waals surface area contributed by atoms with E-state index in [2.05, 4.69) is 10.3 Å². The van der Waals surface area contributed by atoms with Crippen LogP contribution in [-0.4, -0.2) is 16.6 Å². The van der Waals surface area contributed by atoms with Gasteiger partial charge >= 0.3 is 0 Å². The van der Waals surface area contributed by atoms with Gasteiger partial charge in [0.05, 0.1) is 6.10 Å². The number of nitrogens with zero attached hydrogens (tertiary/aromatic N) is 1. The van der Waals surface area contributed by atoms with Crippen LogP contribution in [0.5, 0.6) is 0 Å². The molecule has 0 fully saturated rings. The van der Waals surface area contributed by atoms with Crippen LogP contribution in [0.25, 0.3) is 0 Å². The van der Waals surface area contributed by atoms with Gasteiger partial charge in [-0.3, -0.25) is 0 Å². The zero-order valence-electron chi connectivity index (χ0n) is 9.18. The Kier molecular flexibility index (Phi) is 3.96. The molecular weight excluding hydrogens is 236 g/mol. The molecule has 2 aromatic rings. The first-order chi connectivity index (χ1) is 8.25. The van der Waals surface area contributed by atoms with Crippen molar-refractivity contribution in [2.45, 2.75) is 6.10 Å². The molecule has 0 spiro atoms. The Labute approximate surface area is 105 Å². The molecule has 88 valence electrons. The second kappa shape index (κ2) is 5.66. The van der Waals surface area contributed by atoms with E-state index in [-0.39, 0.29) is 0 Å². The Bertz CT molecular complexity index is 476. The van der Waals surface area contributed by atoms with Gasteiger partial charge in [-0.25, -0.2) is 4.98 Å². The van der Waals surface area contributed by atoms with Gasteiger partial charge in [-0.2, -0.15) is 0 Å². The van der Waals surface area contributed by atoms with Crippen LogP contribution in [0.15, 0.2) is 48.7 Å². The number of nitrogens with one attached hydrogen (secondary N) is 1. The number of anilines is 1. The third kappa shape index (κ3) is 3.44. The SMILES string of the molecule is OC(CNc1ccnc(Cl)c1)c1ccccc1. The van der Waals surface area contributed by atoms with Gasteiger partial charge in [-0.1, -0.05) is 41.9 Å². The Morgan fingerprint density at radius 3 is 2.71 bits per heavy atom. The summed E-state index contributed by atoms with van der Waals surface area (Å²) in [5.41, 5.74) is 1.74. The minimum absolute atomic E-state index is 0.434. The molecule has 0 aliphatic carbocycles. The molecule has 0 saturated carbocycles. The van der Waals surface area contributed by atoms with Crippen molar-refractivity contribution in [1.29, 1.82) is 0 Å². The van der Waals surface area contributed by atoms with Crippen LogP contribution in [0.1, 0.15) is 11.7 Å². The van der Waals surface area contributed by atoms with Gasteiger partial charge in [0.15, 0.2) is 0 Å². The summed E-state index contributed by atoms with van der Waals surface area (Å²) in [4.78, 5) is 3.89. The lowest BCUT2D eigenvalue weighted by molar-refractivity contribution is 0.191. The first kappa shape index (κ1) is 11.9. The van der Waals surface area contributed by atoms with Gasteiger partial charge in [-0.05, 0) is 17.7 Å². The van der Waals surface area contributed by atoms with Crippen molar-refractivity contribution >= 4 is 17.3 Å². The van der Waals surface area contributed by atoms with Crippen LogP contribution in [-0.2, 0) is 0 Å². The molecular formula is C13H13ClN2O. The fourth-order valence-electron chi connectivity index (χ4n) is 1.52. The van der Waals surface area contributed by atoms with E-state index in [1.54, 1.807) is 12.3 Å². The number of halogens is 1. The average Bonchev–Trinajstić information content (AvgIpc) is 2.37. The molecule has 0 amide bonds. The van der Waals surface area contributed by atoms with E-state index in [9.17, 15) is 5.11 Å². The minimum Gasteiger partial charge on any atom is -0.387 e. The molecule has 1 aromatic carbocycles. The Balaban J connectivity index is 1.95. The summed E-state index contributed by atoms with van der Waals surface area (Å²) in [6.45, 7) is 0.435. The zero-order chi connectivity index (χ0) is 12.1. The molecule has 2 rings (SSSR count). The predicted molar refractivity (Wildman–Crippen MR) is 69.1 cm³/mol. The largest absolute Gasteiger partial charge is 0.387 e. The van der Waals surface area contributed by atoms with Crippen molar-refractivity contribution < 1.29 is 5.11 Å². The van der Waals surface area contributed by atoms with Gasteiger partial charge in [0.2, 0.25) is 0 Å². The normalized spacial score (nSPS) is 12.1. The molecule has 3 nitrogen and oxygen atoms in total. The third-order valence-corrected chi connectivity index (χ3v) is 2.62. The van der Waals surface area contributed by atoms with E-state index in [1.165, 1.54) is 0 Å². The van der Waals surface area contributed by atoms with Crippen molar-refractivity contribution in [3.8, 4) is 0 Å². The minimum atomic E-state index is -0.539. The summed E-state index contributed by atoms with van der Waals surface area (Å²) in [5.74, 6) is 0. The maximum Gasteiger partial charge on any atom is 0.131 e. The molecule has 0 radical (unpaired) electrons. The zero-order valence-corrected chi connectivity index (χ0v) is 9.93. The summed E-state index contributed by atoms with van der Waals surface area (Å²) in [7, 11) is 0. The van der Waals surface area contributed by atoms with Crippen LogP contribution >= 0.6 is 11.6 Å². The molecule has 1 unspecified atom stereocenters. The first-order valence-electron chi connectivity index (χ1n) is 5.34. The number of aliphatic hydroxyl groups excluding tert-OH is 1. The van der Waals surface area contributed by atoms with Crippen LogP contribution in [0.3, 0.4) is 0 Å². The van der Waals surface area contributed by atoms with Gasteiger partial charge in [0, 0.05) is 18.4 Å². The highest BCUT2D eigenvalue weighted by molar-refractivity contribution is 6.29. The van der Waals surface area contributed by atoms with Gasteiger partial charge in [-0.15, -0.1) is 0 Å². The number of benzene rings is 1. The van der Waals surface area contributed by atoms with Crippen LogP contribution in [0.4, 0.5) is 5.69 Å². The van der Waals surface area contributed by atoms with Gasteiger partial charge in [0.1, 0.15) is 5.15 Å². The smallest absolute Gasteiger partial charge is 0.131 e. The molecule has 0 aliphatic rings. The van der Waals surface area contributed by atoms with Crippen molar-refractivity contribution in [2.24, 2.45) is 0 Å². The molecule has 2 N–H and O–H groups in total. The van der Waals surface area contributed by atoms with E-state index < -0.39 is 6.10 Å². The van der Waals surface area contributed by atoms with Crippen molar-refractivity contribution in [1.82, 2.24) is 4.98 Å². The van der Waals surface area contributed by atoms with Crippen LogP contribution in [0, 0.1) is 0 Å². The summed E-state index contributed by atoms with van der Waals surface area (Å²) in [6, 6.07) is 13.1. The van der Waals surface area contributed by atoms with E-state index in [0.717, 1.165) is 11.3 Å². The lowest BCUT2D eigenvalue weighted by atomic mass is 10.1. The number of aromatic nitrogens is 1. The molecule has 1 aromatic heterocycles. The standard InChI is InChI=1S/C13H13ClN2O/c14-13-8-11(6-7-15-13)16-9-12(17)10-4-2-1-3-5-10/h1-8,12,17H,9H2,(H,15,16). The number of aliphatic hydroxyl groups is 1. The monoisotopic (exact) mass is 248 g/mol. The Hall–Kier alpha value is -1.58. The molecule has 0 aliphatic heterocycles. The van der Waals surface area contributed by atoms with Gasteiger partial charge in [0.25, 0.3) is 0 Å². The number of hydrogen-bond acceptors (Lipinski definition) is 3. The topological polar surface area (TPSA) is 45.1 Å². The molecule has 17 heavy (non-hydrogen) atoms. The Morgan fingerprint density at radius 2 is 2.00 bits per heavy atom. The average molecular weight is 249 g/mol. The number of pyridine rings is 1. The van der Waals surface area contributed by atoms with E-state index in [1.807, 2.05) is 36.4 Å². The molecule has 1 atom stereocenters. The molecule has 4 heteroatoms.